The van der Waals surface area contributed by atoms with Gasteiger partial charge >= 0.3 is 0 Å². The number of aromatic nitrogens is 1. The fourth-order valence-corrected chi connectivity index (χ4v) is 3.34. The molecule has 1 aromatic heterocycles. The molecule has 16 heavy (non-hydrogen) atoms. The maximum atomic E-state index is 4.53. The van der Waals surface area contributed by atoms with Gasteiger partial charge in [0.15, 0.2) is 0 Å². The molecule has 1 saturated carbocycles. The highest BCUT2D eigenvalue weighted by molar-refractivity contribution is 9.10. The van der Waals surface area contributed by atoms with Crippen LogP contribution in [0, 0.1) is 18.8 Å². The van der Waals surface area contributed by atoms with Crippen molar-refractivity contribution in [2.24, 2.45) is 11.8 Å². The van der Waals surface area contributed by atoms with Gasteiger partial charge in [-0.05, 0) is 59.2 Å². The third kappa shape index (κ3) is 1.75. The minimum Gasteiger partial charge on any atom is -0.356 e. The fraction of sp³-hybridized carbons (Fsp3) is 0.615. The molecule has 0 radical (unpaired) electrons. The second-order valence-corrected chi connectivity index (χ2v) is 6.00. The van der Waals surface area contributed by atoms with Crippen molar-refractivity contribution < 1.29 is 0 Å². The lowest BCUT2D eigenvalue weighted by molar-refractivity contribution is 0.494. The molecule has 2 unspecified atom stereocenters. The number of hydrogen-bond donors (Lipinski definition) is 0. The zero-order chi connectivity index (χ0) is 11.1. The highest BCUT2D eigenvalue weighted by Gasteiger charge is 2.36. The van der Waals surface area contributed by atoms with E-state index in [9.17, 15) is 0 Å². The SMILES string of the molecule is Cc1cc(N2CC3CCCC3C2)ncc1Br. The standard InChI is InChI=1S/C13H17BrN2/c1-9-5-13(15-6-12(9)14)16-7-10-3-2-4-11(10)8-16/h5-6,10-11H,2-4,7-8H2,1H3. The van der Waals surface area contributed by atoms with Crippen LogP contribution in [0.3, 0.4) is 0 Å². The lowest BCUT2D eigenvalue weighted by Crippen LogP contribution is -2.21. The average Bonchev–Trinajstić information content (AvgIpc) is 2.81. The van der Waals surface area contributed by atoms with E-state index in [0.717, 1.165) is 22.1 Å². The van der Waals surface area contributed by atoms with Crippen LogP contribution in [0.5, 0.6) is 0 Å². The zero-order valence-electron chi connectivity index (χ0n) is 9.62. The second kappa shape index (κ2) is 4.02. The molecule has 1 aromatic rings. The summed E-state index contributed by atoms with van der Waals surface area (Å²) in [7, 11) is 0. The van der Waals surface area contributed by atoms with E-state index in [4.69, 9.17) is 0 Å². The first kappa shape index (κ1) is 10.6. The van der Waals surface area contributed by atoms with Crippen molar-refractivity contribution in [2.45, 2.75) is 26.2 Å². The van der Waals surface area contributed by atoms with Crippen LogP contribution in [0.15, 0.2) is 16.7 Å². The lowest BCUT2D eigenvalue weighted by Gasteiger charge is -2.18. The summed E-state index contributed by atoms with van der Waals surface area (Å²) in [5, 5.41) is 0. The summed E-state index contributed by atoms with van der Waals surface area (Å²) in [6, 6.07) is 2.20. The van der Waals surface area contributed by atoms with Crippen molar-refractivity contribution in [3.8, 4) is 0 Å². The Balaban J connectivity index is 1.81. The molecular weight excluding hydrogens is 264 g/mol. The maximum Gasteiger partial charge on any atom is 0.128 e. The topological polar surface area (TPSA) is 16.1 Å². The van der Waals surface area contributed by atoms with Gasteiger partial charge in [0.25, 0.3) is 0 Å². The number of aryl methyl sites for hydroxylation is 1. The number of rotatable bonds is 1. The molecule has 3 rings (SSSR count). The smallest absolute Gasteiger partial charge is 0.128 e. The molecule has 0 N–H and O–H groups in total. The molecule has 86 valence electrons. The predicted molar refractivity (Wildman–Crippen MR) is 69.7 cm³/mol. The molecule has 1 aliphatic heterocycles. The van der Waals surface area contributed by atoms with Crippen LogP contribution in [-0.4, -0.2) is 18.1 Å². The van der Waals surface area contributed by atoms with Crippen LogP contribution in [0.25, 0.3) is 0 Å². The Hall–Kier alpha value is -0.570. The number of pyridine rings is 1. The lowest BCUT2D eigenvalue weighted by atomic mass is 10.0. The summed E-state index contributed by atoms with van der Waals surface area (Å²) in [6.07, 6.45) is 6.22. The quantitative estimate of drug-likeness (QED) is 0.784. The van der Waals surface area contributed by atoms with Crippen molar-refractivity contribution in [2.75, 3.05) is 18.0 Å². The summed E-state index contributed by atoms with van der Waals surface area (Å²) in [4.78, 5) is 6.99. The van der Waals surface area contributed by atoms with Gasteiger partial charge < -0.3 is 4.90 Å². The first-order valence-corrected chi connectivity index (χ1v) is 6.90. The van der Waals surface area contributed by atoms with E-state index in [-0.39, 0.29) is 0 Å². The van der Waals surface area contributed by atoms with Crippen molar-refractivity contribution in [1.82, 2.24) is 4.98 Å². The van der Waals surface area contributed by atoms with E-state index >= 15 is 0 Å². The summed E-state index contributed by atoms with van der Waals surface area (Å²) in [6.45, 7) is 4.57. The minimum atomic E-state index is 0.936. The largest absolute Gasteiger partial charge is 0.356 e. The highest BCUT2D eigenvalue weighted by Crippen LogP contribution is 2.39. The van der Waals surface area contributed by atoms with Crippen molar-refractivity contribution in [1.29, 1.82) is 0 Å². The van der Waals surface area contributed by atoms with Gasteiger partial charge in [-0.25, -0.2) is 4.98 Å². The Morgan fingerprint density at radius 2 is 2.00 bits per heavy atom. The van der Waals surface area contributed by atoms with Crippen molar-refractivity contribution >= 4 is 21.7 Å². The molecule has 3 heteroatoms. The number of hydrogen-bond acceptors (Lipinski definition) is 2. The molecule has 1 aliphatic carbocycles. The monoisotopic (exact) mass is 280 g/mol. The van der Waals surface area contributed by atoms with Gasteiger partial charge in [-0.1, -0.05) is 6.42 Å². The van der Waals surface area contributed by atoms with E-state index in [2.05, 4.69) is 38.8 Å². The predicted octanol–water partition coefficient (Wildman–Crippen LogP) is 3.39. The first-order valence-electron chi connectivity index (χ1n) is 6.11. The number of fused-ring (bicyclic) bond motifs is 1. The number of nitrogens with zero attached hydrogens (tertiary/aromatic N) is 2. The molecule has 2 fully saturated rings. The van der Waals surface area contributed by atoms with Crippen LogP contribution in [-0.2, 0) is 0 Å². The normalized spacial score (nSPS) is 28.5. The van der Waals surface area contributed by atoms with Gasteiger partial charge in [0.1, 0.15) is 5.82 Å². The van der Waals surface area contributed by atoms with Gasteiger partial charge in [0.2, 0.25) is 0 Å². The fourth-order valence-electron chi connectivity index (χ4n) is 3.12. The van der Waals surface area contributed by atoms with Crippen molar-refractivity contribution in [3.63, 3.8) is 0 Å². The molecular formula is C13H17BrN2. The van der Waals surface area contributed by atoms with E-state index in [1.54, 1.807) is 0 Å². The molecule has 0 amide bonds. The Labute approximate surface area is 105 Å². The van der Waals surface area contributed by atoms with Crippen LogP contribution in [0.1, 0.15) is 24.8 Å². The summed E-state index contributed by atoms with van der Waals surface area (Å²) >= 11 is 3.51. The van der Waals surface area contributed by atoms with E-state index in [0.29, 0.717) is 0 Å². The second-order valence-electron chi connectivity index (χ2n) is 5.15. The van der Waals surface area contributed by atoms with Crippen LogP contribution in [0.4, 0.5) is 5.82 Å². The molecule has 2 aliphatic rings. The van der Waals surface area contributed by atoms with Gasteiger partial charge in [-0.3, -0.25) is 0 Å². The van der Waals surface area contributed by atoms with Crippen LogP contribution in [0.2, 0.25) is 0 Å². The molecule has 2 nitrogen and oxygen atoms in total. The Morgan fingerprint density at radius 1 is 1.31 bits per heavy atom. The average molecular weight is 281 g/mol. The molecule has 1 saturated heterocycles. The molecule has 0 bridgehead atoms. The van der Waals surface area contributed by atoms with Gasteiger partial charge in [-0.15, -0.1) is 0 Å². The summed E-state index contributed by atoms with van der Waals surface area (Å²) < 4.78 is 1.11. The molecule has 2 heterocycles. The zero-order valence-corrected chi connectivity index (χ0v) is 11.2. The Kier molecular flexibility index (Phi) is 2.66. The Morgan fingerprint density at radius 3 is 2.62 bits per heavy atom. The highest BCUT2D eigenvalue weighted by atomic mass is 79.9. The molecule has 2 atom stereocenters. The summed E-state index contributed by atoms with van der Waals surface area (Å²) in [5.41, 5.74) is 1.28. The van der Waals surface area contributed by atoms with Gasteiger partial charge in [-0.2, -0.15) is 0 Å². The first-order chi connectivity index (χ1) is 7.74. The van der Waals surface area contributed by atoms with Crippen LogP contribution >= 0.6 is 15.9 Å². The summed E-state index contributed by atoms with van der Waals surface area (Å²) in [5.74, 6) is 3.03. The maximum absolute atomic E-state index is 4.53. The Bertz CT molecular complexity index is 393. The van der Waals surface area contributed by atoms with E-state index in [1.165, 1.54) is 37.9 Å². The number of anilines is 1. The van der Waals surface area contributed by atoms with E-state index < -0.39 is 0 Å². The minimum absolute atomic E-state index is 0.936. The third-order valence-corrected chi connectivity index (χ3v) is 4.91. The van der Waals surface area contributed by atoms with Gasteiger partial charge in [0, 0.05) is 23.8 Å². The number of halogens is 1. The van der Waals surface area contributed by atoms with E-state index in [1.807, 2.05) is 6.20 Å². The molecule has 0 aromatic carbocycles. The van der Waals surface area contributed by atoms with Crippen LogP contribution < -0.4 is 4.90 Å². The molecule has 0 spiro atoms. The third-order valence-electron chi connectivity index (χ3n) is 4.08. The van der Waals surface area contributed by atoms with Gasteiger partial charge in [0.05, 0.1) is 0 Å². The van der Waals surface area contributed by atoms with Crippen molar-refractivity contribution in [3.05, 3.63) is 22.3 Å².